The third kappa shape index (κ3) is 3.37. The number of nitrogens with two attached hydrogens (primary N) is 1. The summed E-state index contributed by atoms with van der Waals surface area (Å²) in [7, 11) is -3.69. The average molecular weight is 351 g/mol. The molecule has 1 atom stereocenters. The van der Waals surface area contributed by atoms with E-state index in [0.717, 1.165) is 19.3 Å². The van der Waals surface area contributed by atoms with Crippen molar-refractivity contribution in [2.45, 2.75) is 50.6 Å². The van der Waals surface area contributed by atoms with Crippen LogP contribution in [0.5, 0.6) is 0 Å². The Labute approximate surface area is 136 Å². The average Bonchev–Trinajstić information content (AvgIpc) is 2.68. The molecule has 0 bridgehead atoms. The Morgan fingerprint density at radius 3 is 2.57 bits per heavy atom. The molecule has 2 rings (SSSR count). The van der Waals surface area contributed by atoms with Crippen molar-refractivity contribution < 1.29 is 8.42 Å². The molecule has 0 aliphatic heterocycles. The van der Waals surface area contributed by atoms with E-state index in [9.17, 15) is 8.42 Å². The first-order valence-electron chi connectivity index (χ1n) is 6.88. The Bertz CT molecular complexity index is 645. The summed E-state index contributed by atoms with van der Waals surface area (Å²) >= 11 is 12.2. The van der Waals surface area contributed by atoms with Crippen molar-refractivity contribution >= 4 is 33.2 Å². The monoisotopic (exact) mass is 350 g/mol. The van der Waals surface area contributed by atoms with Gasteiger partial charge in [-0.3, -0.25) is 0 Å². The molecule has 1 fully saturated rings. The highest BCUT2D eigenvalue weighted by Crippen LogP contribution is 2.38. The van der Waals surface area contributed by atoms with Crippen molar-refractivity contribution in [3.8, 4) is 0 Å². The summed E-state index contributed by atoms with van der Waals surface area (Å²) in [6.45, 7) is 4.24. The first-order valence-corrected chi connectivity index (χ1v) is 9.12. The van der Waals surface area contributed by atoms with Crippen LogP contribution in [0.4, 0.5) is 0 Å². The van der Waals surface area contributed by atoms with Crippen LogP contribution in [-0.2, 0) is 16.6 Å². The maximum atomic E-state index is 12.6. The second-order valence-corrected chi connectivity index (χ2v) is 8.56. The number of hydrogen-bond donors (Lipinski definition) is 2. The molecule has 1 saturated carbocycles. The van der Waals surface area contributed by atoms with Crippen LogP contribution in [0.3, 0.4) is 0 Å². The van der Waals surface area contributed by atoms with E-state index in [1.165, 1.54) is 12.1 Å². The third-order valence-corrected chi connectivity index (χ3v) is 6.61. The van der Waals surface area contributed by atoms with E-state index >= 15 is 0 Å². The number of nitrogens with one attached hydrogen (secondary N) is 1. The highest BCUT2D eigenvalue weighted by Gasteiger charge is 2.37. The molecule has 3 N–H and O–H groups in total. The van der Waals surface area contributed by atoms with E-state index in [-0.39, 0.29) is 27.9 Å². The Hall–Kier alpha value is -0.330. The van der Waals surface area contributed by atoms with Crippen molar-refractivity contribution in [2.24, 2.45) is 11.1 Å². The summed E-state index contributed by atoms with van der Waals surface area (Å²) in [6, 6.07) is 2.86. The minimum absolute atomic E-state index is 0.0386. The van der Waals surface area contributed by atoms with Gasteiger partial charge in [-0.25, -0.2) is 13.1 Å². The lowest BCUT2D eigenvalue weighted by atomic mass is 9.88. The van der Waals surface area contributed by atoms with Crippen molar-refractivity contribution in [3.05, 3.63) is 27.7 Å². The van der Waals surface area contributed by atoms with Gasteiger partial charge in [0.15, 0.2) is 0 Å². The van der Waals surface area contributed by atoms with Crippen LogP contribution in [0.15, 0.2) is 17.0 Å². The van der Waals surface area contributed by atoms with Crippen LogP contribution in [-0.4, -0.2) is 14.5 Å². The number of rotatable bonds is 4. The number of hydrogen-bond acceptors (Lipinski definition) is 3. The van der Waals surface area contributed by atoms with Crippen molar-refractivity contribution in [3.63, 3.8) is 0 Å². The Kier molecular flexibility index (Phi) is 4.90. The van der Waals surface area contributed by atoms with E-state index in [4.69, 9.17) is 28.9 Å². The Morgan fingerprint density at radius 1 is 1.38 bits per heavy atom. The first-order chi connectivity index (χ1) is 9.69. The molecular formula is C14H20Cl2N2O2S. The molecule has 7 heteroatoms. The van der Waals surface area contributed by atoms with Gasteiger partial charge in [-0.1, -0.05) is 43.5 Å². The molecule has 0 saturated heterocycles. The molecule has 0 heterocycles. The fourth-order valence-electron chi connectivity index (χ4n) is 2.77. The SMILES string of the molecule is CC1(C)CCCC1NS(=O)(=O)c1ccc(Cl)c(CN)c1Cl. The van der Waals surface area contributed by atoms with Gasteiger partial charge in [0.25, 0.3) is 0 Å². The molecule has 1 aromatic rings. The second kappa shape index (κ2) is 6.05. The zero-order valence-corrected chi connectivity index (χ0v) is 14.4. The molecule has 4 nitrogen and oxygen atoms in total. The van der Waals surface area contributed by atoms with Gasteiger partial charge in [-0.05, 0) is 30.4 Å². The quantitative estimate of drug-likeness (QED) is 0.874. The van der Waals surface area contributed by atoms with E-state index in [2.05, 4.69) is 18.6 Å². The van der Waals surface area contributed by atoms with Gasteiger partial charge in [0.1, 0.15) is 4.90 Å². The van der Waals surface area contributed by atoms with Crippen LogP contribution in [0.2, 0.25) is 10.0 Å². The first kappa shape index (κ1) is 17.0. The van der Waals surface area contributed by atoms with Crippen LogP contribution in [0.25, 0.3) is 0 Å². The van der Waals surface area contributed by atoms with E-state index < -0.39 is 10.0 Å². The van der Waals surface area contributed by atoms with Crippen LogP contribution < -0.4 is 10.5 Å². The zero-order chi connectivity index (χ0) is 15.8. The molecule has 1 aliphatic carbocycles. The minimum atomic E-state index is -3.69. The van der Waals surface area contributed by atoms with Gasteiger partial charge < -0.3 is 5.73 Å². The summed E-state index contributed by atoms with van der Waals surface area (Å²) in [4.78, 5) is 0.0386. The highest BCUT2D eigenvalue weighted by atomic mass is 35.5. The fraction of sp³-hybridized carbons (Fsp3) is 0.571. The summed E-state index contributed by atoms with van der Waals surface area (Å²) in [5.41, 5.74) is 5.98. The highest BCUT2D eigenvalue weighted by molar-refractivity contribution is 7.89. The summed E-state index contributed by atoms with van der Waals surface area (Å²) in [6.07, 6.45) is 2.85. The molecule has 0 spiro atoms. The second-order valence-electron chi connectivity index (χ2n) is 6.10. The molecule has 1 unspecified atom stereocenters. The molecular weight excluding hydrogens is 331 g/mol. The largest absolute Gasteiger partial charge is 0.326 e. The zero-order valence-electron chi connectivity index (χ0n) is 12.1. The van der Waals surface area contributed by atoms with Gasteiger partial charge in [0, 0.05) is 23.2 Å². The lowest BCUT2D eigenvalue weighted by Gasteiger charge is -2.27. The smallest absolute Gasteiger partial charge is 0.242 e. The number of sulfonamides is 1. The standard InChI is InChI=1S/C14H20Cl2N2O2S/c1-14(2)7-3-4-12(14)18-21(19,20)11-6-5-10(15)9(8-17)13(11)16/h5-6,12,18H,3-4,7-8,17H2,1-2H3. The summed E-state index contributed by atoms with van der Waals surface area (Å²) in [5, 5.41) is 0.482. The Balaban J connectivity index is 2.37. The lowest BCUT2D eigenvalue weighted by Crippen LogP contribution is -2.41. The maximum Gasteiger partial charge on any atom is 0.242 e. The molecule has 0 amide bonds. The fourth-order valence-corrected chi connectivity index (χ4v) is 5.14. The van der Waals surface area contributed by atoms with Gasteiger partial charge >= 0.3 is 0 Å². The lowest BCUT2D eigenvalue weighted by molar-refractivity contribution is 0.313. The van der Waals surface area contributed by atoms with Crippen LogP contribution >= 0.6 is 23.2 Å². The summed E-state index contributed by atoms with van der Waals surface area (Å²) in [5.74, 6) is 0. The summed E-state index contributed by atoms with van der Waals surface area (Å²) < 4.78 is 28.0. The van der Waals surface area contributed by atoms with E-state index in [1.807, 2.05) is 0 Å². The van der Waals surface area contributed by atoms with Gasteiger partial charge in [-0.15, -0.1) is 0 Å². The molecule has 21 heavy (non-hydrogen) atoms. The van der Waals surface area contributed by atoms with Gasteiger partial charge in [0.2, 0.25) is 10.0 Å². The van der Waals surface area contributed by atoms with Crippen LogP contribution in [0.1, 0.15) is 38.7 Å². The normalized spacial score (nSPS) is 21.7. The predicted molar refractivity (Wildman–Crippen MR) is 86.1 cm³/mol. The van der Waals surface area contributed by atoms with Crippen molar-refractivity contribution in [1.29, 1.82) is 0 Å². The van der Waals surface area contributed by atoms with Crippen molar-refractivity contribution in [2.75, 3.05) is 0 Å². The van der Waals surface area contributed by atoms with E-state index in [0.29, 0.717) is 10.6 Å². The third-order valence-electron chi connectivity index (χ3n) is 4.20. The van der Waals surface area contributed by atoms with Gasteiger partial charge in [-0.2, -0.15) is 0 Å². The molecule has 0 radical (unpaired) electrons. The molecule has 1 aliphatic rings. The molecule has 0 aromatic heterocycles. The molecule has 1 aromatic carbocycles. The Morgan fingerprint density at radius 2 is 2.05 bits per heavy atom. The predicted octanol–water partition coefficient (Wildman–Crippen LogP) is 3.31. The van der Waals surface area contributed by atoms with Gasteiger partial charge in [0.05, 0.1) is 5.02 Å². The maximum absolute atomic E-state index is 12.6. The van der Waals surface area contributed by atoms with Crippen LogP contribution in [0, 0.1) is 5.41 Å². The molecule has 118 valence electrons. The number of halogens is 2. The van der Waals surface area contributed by atoms with Crippen molar-refractivity contribution in [1.82, 2.24) is 4.72 Å². The minimum Gasteiger partial charge on any atom is -0.326 e. The van der Waals surface area contributed by atoms with E-state index in [1.54, 1.807) is 0 Å². The topological polar surface area (TPSA) is 72.2 Å². The number of benzene rings is 1.